The molecule has 5 fully saturated rings. The number of nitrogens with two attached hydrogens (primary N) is 1. The summed E-state index contributed by atoms with van der Waals surface area (Å²) in [5.41, 5.74) is 21.6. The average Bonchev–Trinajstić information content (AvgIpc) is 1.63. The van der Waals surface area contributed by atoms with Crippen molar-refractivity contribution in [2.75, 3.05) is 45.4 Å². The van der Waals surface area contributed by atoms with Crippen LogP contribution in [0.25, 0.3) is 100 Å². The van der Waals surface area contributed by atoms with Crippen LogP contribution in [-0.4, -0.2) is 112 Å². The molecule has 0 radical (unpaired) electrons. The quantitative estimate of drug-likeness (QED) is 0.0787. The molecule has 498 valence electrons. The molecule has 17 rings (SSSR count). The fourth-order valence-corrected chi connectivity index (χ4v) is 13.8. The van der Waals surface area contributed by atoms with Crippen LogP contribution in [0.4, 0.5) is 5.82 Å². The van der Waals surface area contributed by atoms with Crippen LogP contribution in [0, 0.1) is 34.0 Å². The fraction of sp³-hybridized carbons (Fsp3) is 0.321. The third-order valence-corrected chi connectivity index (χ3v) is 19.5. The van der Waals surface area contributed by atoms with Crippen molar-refractivity contribution >= 4 is 38.9 Å². The molecule has 9 aromatic heterocycles. The molecular weight excluding hydrogens is 1240 g/mol. The fourth-order valence-electron chi connectivity index (χ4n) is 13.8. The van der Waals surface area contributed by atoms with E-state index in [9.17, 15) is 15.8 Å². The number of aromatic amines is 3. The molecule has 99 heavy (non-hydrogen) atoms. The van der Waals surface area contributed by atoms with Gasteiger partial charge in [-0.05, 0) is 150 Å². The molecular formula is C78H75N15O6. The minimum atomic E-state index is 0.0834. The van der Waals surface area contributed by atoms with Crippen molar-refractivity contribution in [3.63, 3.8) is 0 Å². The van der Waals surface area contributed by atoms with Crippen LogP contribution in [0.5, 0.6) is 17.2 Å². The molecule has 0 bridgehead atoms. The Labute approximate surface area is 572 Å². The summed E-state index contributed by atoms with van der Waals surface area (Å²) < 4.78 is 38.8. The number of anilines is 1. The van der Waals surface area contributed by atoms with Crippen LogP contribution in [0.3, 0.4) is 0 Å². The molecule has 0 amide bonds. The van der Waals surface area contributed by atoms with E-state index in [4.69, 9.17) is 34.2 Å². The Morgan fingerprint density at radius 2 is 0.758 bits per heavy atom. The highest BCUT2D eigenvalue weighted by molar-refractivity contribution is 5.99. The largest absolute Gasteiger partial charge is 0.489 e. The van der Waals surface area contributed by atoms with Gasteiger partial charge in [0.05, 0.1) is 92.2 Å². The molecule has 2 aliphatic carbocycles. The van der Waals surface area contributed by atoms with Gasteiger partial charge in [0.2, 0.25) is 0 Å². The molecule has 3 aliphatic heterocycles. The number of nitrogens with zero attached hydrogens (tertiary/aromatic N) is 11. The second kappa shape index (κ2) is 29.3. The molecule has 21 nitrogen and oxygen atoms in total. The van der Waals surface area contributed by atoms with Crippen molar-refractivity contribution in [3.8, 4) is 103 Å². The number of hydrogen-bond acceptors (Lipinski definition) is 16. The van der Waals surface area contributed by atoms with Gasteiger partial charge in [-0.15, -0.1) is 0 Å². The maximum absolute atomic E-state index is 9.81. The Balaban J connectivity index is 0.000000121. The number of nitrogens with one attached hydrogen (secondary N) is 3. The maximum Gasteiger partial charge on any atom is 0.138 e. The lowest BCUT2D eigenvalue weighted by Crippen LogP contribution is -2.26. The highest BCUT2D eigenvalue weighted by Gasteiger charge is 2.25. The number of pyridine rings is 4. The van der Waals surface area contributed by atoms with Crippen molar-refractivity contribution in [2.24, 2.45) is 0 Å². The van der Waals surface area contributed by atoms with Crippen molar-refractivity contribution in [2.45, 2.75) is 120 Å². The number of ether oxygens (including phenoxy) is 6. The first-order valence-corrected chi connectivity index (χ1v) is 34.4. The summed E-state index contributed by atoms with van der Waals surface area (Å²) >= 11 is 0. The van der Waals surface area contributed by atoms with E-state index in [2.05, 4.69) is 97.2 Å². The standard InChI is InChI=1S/C28H29N5O2.C26H25N5O2.C24H21N5O2/c29-16-20-14-19(6-7-27(20)35-23-9-12-34-13-10-23)24-8-11-30-28-25(24)15-26(32-28)21-17-31-33(18-21)22-4-2-1-3-5-22;27-14-18-12-17(4-5-25(18)33-21-7-10-32-11-8-21)22-6-9-28-26-23(22)13-24(30-26)19-15-29-31(16-19)20-2-1-3-20;25-13-17-11-15(1-3-22(17)31-18-6-9-30-10-7-18)19-5-8-27-24-20(19)12-21(29-24)16-2-4-23(26)28-14-16/h6-8,11,14-15,17-18,22-23H,1-5,9-10,12-13H2,(H,30,32);4-6,9,12-13,15-16,20-21H,1-3,7-8,10-11H2,(H,28,30);1-5,8,11-12,14,18H,6-7,9-10H2,(H2,26,28)(H,27,29). The lowest BCUT2D eigenvalue weighted by molar-refractivity contribution is 0.0252. The number of nitrogen functional groups attached to an aromatic ring is 1. The van der Waals surface area contributed by atoms with Gasteiger partial charge in [-0.25, -0.2) is 19.9 Å². The Bertz CT molecular complexity index is 4960. The number of H-pyrrole nitrogens is 3. The summed E-state index contributed by atoms with van der Waals surface area (Å²) in [5, 5.41) is 41.5. The van der Waals surface area contributed by atoms with E-state index in [-0.39, 0.29) is 18.3 Å². The molecule has 3 saturated heterocycles. The Kier molecular flexibility index (Phi) is 18.9. The Morgan fingerprint density at radius 1 is 0.394 bits per heavy atom. The number of hydrogen-bond donors (Lipinski definition) is 4. The zero-order valence-electron chi connectivity index (χ0n) is 54.9. The first-order chi connectivity index (χ1) is 48.8. The summed E-state index contributed by atoms with van der Waals surface area (Å²) in [5.74, 6) is 2.37. The van der Waals surface area contributed by atoms with Gasteiger partial charge in [-0.3, -0.25) is 9.36 Å². The molecule has 2 saturated carbocycles. The molecule has 21 heteroatoms. The number of fused-ring (bicyclic) bond motifs is 3. The summed E-state index contributed by atoms with van der Waals surface area (Å²) in [6.07, 6.45) is 30.5. The predicted molar refractivity (Wildman–Crippen MR) is 377 cm³/mol. The summed E-state index contributed by atoms with van der Waals surface area (Å²) in [6, 6.07) is 41.3. The molecule has 3 aromatic carbocycles. The van der Waals surface area contributed by atoms with E-state index < -0.39 is 0 Å². The predicted octanol–water partition coefficient (Wildman–Crippen LogP) is 15.6. The van der Waals surface area contributed by atoms with Crippen LogP contribution in [0.1, 0.15) is 119 Å². The highest BCUT2D eigenvalue weighted by Crippen LogP contribution is 2.40. The van der Waals surface area contributed by atoms with E-state index in [0.29, 0.717) is 91.5 Å². The number of aromatic nitrogens is 11. The summed E-state index contributed by atoms with van der Waals surface area (Å²) in [7, 11) is 0. The van der Waals surface area contributed by atoms with Gasteiger partial charge in [0.25, 0.3) is 0 Å². The SMILES string of the molecule is N#Cc1cc(-c2ccnc3[nH]c(-c4ccc(N)nc4)cc23)ccc1OC1CCOCC1.N#Cc1cc(-c2ccnc3[nH]c(-c4cnn(C5CCC5)c4)cc23)ccc1OC1CCOCC1.N#Cc1cc(-c2ccnc3[nH]c(-c4cnn(C5CCCCC5)c4)cc23)ccc1OC1CCOCC1. The minimum absolute atomic E-state index is 0.0834. The monoisotopic (exact) mass is 1320 g/mol. The van der Waals surface area contributed by atoms with Gasteiger partial charge in [-0.2, -0.15) is 26.0 Å². The molecule has 0 spiro atoms. The van der Waals surface area contributed by atoms with Crippen molar-refractivity contribution < 1.29 is 28.4 Å². The van der Waals surface area contributed by atoms with Crippen molar-refractivity contribution in [1.82, 2.24) is 54.4 Å². The van der Waals surface area contributed by atoms with Crippen LogP contribution >= 0.6 is 0 Å². The molecule has 12 aromatic rings. The normalized spacial score (nSPS) is 16.4. The second-order valence-corrected chi connectivity index (χ2v) is 25.9. The van der Waals surface area contributed by atoms with Gasteiger partial charge >= 0.3 is 0 Å². The second-order valence-electron chi connectivity index (χ2n) is 25.9. The third-order valence-electron chi connectivity index (χ3n) is 19.5. The van der Waals surface area contributed by atoms with Crippen molar-refractivity contribution in [1.29, 1.82) is 15.8 Å². The summed E-state index contributed by atoms with van der Waals surface area (Å²) in [4.78, 5) is 28.0. The third kappa shape index (κ3) is 14.2. The minimum Gasteiger partial charge on any atom is -0.489 e. The molecule has 0 atom stereocenters. The number of rotatable bonds is 14. The molecule has 12 heterocycles. The van der Waals surface area contributed by atoms with Gasteiger partial charge in [0.15, 0.2) is 0 Å². The Morgan fingerprint density at radius 3 is 1.10 bits per heavy atom. The van der Waals surface area contributed by atoms with Crippen LogP contribution in [0.2, 0.25) is 0 Å². The smallest absolute Gasteiger partial charge is 0.138 e. The number of nitriles is 3. The molecule has 5 N–H and O–H groups in total. The van der Waals surface area contributed by atoms with Crippen molar-refractivity contribution in [3.05, 3.63) is 169 Å². The zero-order valence-corrected chi connectivity index (χ0v) is 54.9. The van der Waals surface area contributed by atoms with E-state index >= 15 is 0 Å². The Hall–Kier alpha value is -11.2. The van der Waals surface area contributed by atoms with Crippen LogP contribution in [-0.2, 0) is 14.2 Å². The van der Waals surface area contributed by atoms with Crippen LogP contribution in [0.15, 0.2) is 153 Å². The van der Waals surface area contributed by atoms with E-state index in [1.807, 2.05) is 104 Å². The number of benzene rings is 3. The van der Waals surface area contributed by atoms with Gasteiger partial charge in [0.1, 0.15) is 76.5 Å². The maximum atomic E-state index is 9.81. The highest BCUT2D eigenvalue weighted by atomic mass is 16.5. The lowest BCUT2D eigenvalue weighted by Gasteiger charge is -2.25. The first kappa shape index (κ1) is 63.9. The lowest BCUT2D eigenvalue weighted by atomic mass is 9.93. The van der Waals surface area contributed by atoms with Gasteiger partial charge < -0.3 is 49.1 Å². The van der Waals surface area contributed by atoms with Gasteiger partial charge in [0, 0.05) is 114 Å². The van der Waals surface area contributed by atoms with E-state index in [1.54, 1.807) is 24.7 Å². The summed E-state index contributed by atoms with van der Waals surface area (Å²) in [6.45, 7) is 4.20. The molecule has 5 aliphatic rings. The van der Waals surface area contributed by atoms with Crippen LogP contribution < -0.4 is 19.9 Å². The van der Waals surface area contributed by atoms with Gasteiger partial charge in [-0.1, -0.05) is 37.5 Å². The van der Waals surface area contributed by atoms with E-state index in [0.717, 1.165) is 139 Å². The first-order valence-electron chi connectivity index (χ1n) is 34.4. The molecule has 0 unspecified atom stereocenters. The van der Waals surface area contributed by atoms with E-state index in [1.165, 1.54) is 51.4 Å². The average molecular weight is 1320 g/mol. The zero-order chi connectivity index (χ0) is 67.0. The topological polar surface area (TPSA) is 287 Å².